The van der Waals surface area contributed by atoms with Gasteiger partial charge in [0.2, 0.25) is 0 Å². The number of rotatable bonds is 5. The maximum atomic E-state index is 4.06. The van der Waals surface area contributed by atoms with Crippen molar-refractivity contribution in [2.45, 2.75) is 19.4 Å². The minimum atomic E-state index is 0.160. The molecule has 104 valence electrons. The topological polar surface area (TPSA) is 42.7 Å². The van der Waals surface area contributed by atoms with E-state index in [2.05, 4.69) is 52.9 Å². The molecule has 3 aromatic rings. The highest BCUT2D eigenvalue weighted by atomic mass is 32.1. The number of nitrogens with zero attached hydrogens (tertiary/aromatic N) is 3. The molecule has 3 rings (SSSR count). The smallest absolute Gasteiger partial charge is 0.0858 e. The van der Waals surface area contributed by atoms with Crippen LogP contribution in [0.1, 0.15) is 30.0 Å². The van der Waals surface area contributed by atoms with Crippen molar-refractivity contribution in [3.63, 3.8) is 0 Å². The number of benzene rings is 1. The summed E-state index contributed by atoms with van der Waals surface area (Å²) in [5, 5.41) is 13.0. The molecule has 0 saturated carbocycles. The molecule has 1 unspecified atom stereocenters. The molecule has 1 atom stereocenters. The van der Waals surface area contributed by atoms with E-state index < -0.39 is 0 Å². The van der Waals surface area contributed by atoms with Gasteiger partial charge in [-0.1, -0.05) is 30.3 Å². The van der Waals surface area contributed by atoms with Crippen molar-refractivity contribution in [1.29, 1.82) is 0 Å². The molecular weight excluding hydrogens is 268 g/mol. The van der Waals surface area contributed by atoms with Gasteiger partial charge in [-0.05, 0) is 30.5 Å². The van der Waals surface area contributed by atoms with Crippen molar-refractivity contribution in [2.75, 3.05) is 6.54 Å². The summed E-state index contributed by atoms with van der Waals surface area (Å²) in [7, 11) is 1.94. The molecule has 1 aromatic carbocycles. The van der Waals surface area contributed by atoms with E-state index in [9.17, 15) is 0 Å². The molecule has 0 amide bonds. The molecule has 0 saturated heterocycles. The SMILES string of the molecule is CCCNC(c1cc2ccccc2s1)c1cnnn1C. The number of aromatic nitrogens is 3. The highest BCUT2D eigenvalue weighted by Gasteiger charge is 2.19. The summed E-state index contributed by atoms with van der Waals surface area (Å²) >= 11 is 1.83. The van der Waals surface area contributed by atoms with Crippen molar-refractivity contribution in [2.24, 2.45) is 7.05 Å². The predicted molar refractivity (Wildman–Crippen MR) is 83.0 cm³/mol. The number of hydrogen-bond donors (Lipinski definition) is 1. The minimum Gasteiger partial charge on any atom is -0.304 e. The first kappa shape index (κ1) is 13.3. The maximum Gasteiger partial charge on any atom is 0.0858 e. The van der Waals surface area contributed by atoms with Gasteiger partial charge in [0.15, 0.2) is 0 Å². The summed E-state index contributed by atoms with van der Waals surface area (Å²) in [6.07, 6.45) is 2.95. The Kier molecular flexibility index (Phi) is 3.80. The third-order valence-corrected chi connectivity index (χ3v) is 4.55. The normalized spacial score (nSPS) is 12.9. The summed E-state index contributed by atoms with van der Waals surface area (Å²) in [5.74, 6) is 0. The first-order valence-corrected chi connectivity index (χ1v) is 7.67. The molecule has 0 fully saturated rings. The number of aryl methyl sites for hydroxylation is 1. The molecule has 2 heterocycles. The molecule has 1 N–H and O–H groups in total. The fraction of sp³-hybridized carbons (Fsp3) is 0.333. The summed E-state index contributed by atoms with van der Waals surface area (Å²) in [5.41, 5.74) is 1.10. The standard InChI is InChI=1S/C15H18N4S/c1-3-8-16-15(12-10-17-18-19(12)2)14-9-11-6-4-5-7-13(11)20-14/h4-7,9-10,15-16H,3,8H2,1-2H3. The van der Waals surface area contributed by atoms with Gasteiger partial charge < -0.3 is 5.32 Å². The largest absolute Gasteiger partial charge is 0.304 e. The van der Waals surface area contributed by atoms with Gasteiger partial charge >= 0.3 is 0 Å². The van der Waals surface area contributed by atoms with Crippen molar-refractivity contribution in [1.82, 2.24) is 20.3 Å². The van der Waals surface area contributed by atoms with E-state index >= 15 is 0 Å². The monoisotopic (exact) mass is 286 g/mol. The van der Waals surface area contributed by atoms with Gasteiger partial charge in [-0.15, -0.1) is 16.4 Å². The lowest BCUT2D eigenvalue weighted by Gasteiger charge is -2.16. The fourth-order valence-corrected chi connectivity index (χ4v) is 3.50. The van der Waals surface area contributed by atoms with E-state index in [1.807, 2.05) is 29.3 Å². The van der Waals surface area contributed by atoms with Gasteiger partial charge in [0.25, 0.3) is 0 Å². The van der Waals surface area contributed by atoms with E-state index in [1.54, 1.807) is 0 Å². The lowest BCUT2D eigenvalue weighted by atomic mass is 10.1. The van der Waals surface area contributed by atoms with Crippen LogP contribution in [-0.4, -0.2) is 21.5 Å². The van der Waals surface area contributed by atoms with Crippen LogP contribution >= 0.6 is 11.3 Å². The molecule has 20 heavy (non-hydrogen) atoms. The van der Waals surface area contributed by atoms with Gasteiger partial charge in [0.05, 0.1) is 17.9 Å². The van der Waals surface area contributed by atoms with E-state index in [-0.39, 0.29) is 6.04 Å². The second kappa shape index (κ2) is 5.73. The first-order valence-electron chi connectivity index (χ1n) is 6.86. The van der Waals surface area contributed by atoms with Crippen molar-refractivity contribution < 1.29 is 0 Å². The summed E-state index contributed by atoms with van der Waals surface area (Å²) in [6, 6.07) is 10.9. The average molecular weight is 286 g/mol. The van der Waals surface area contributed by atoms with Crippen LogP contribution in [0, 0.1) is 0 Å². The Balaban J connectivity index is 2.02. The van der Waals surface area contributed by atoms with E-state index in [0.29, 0.717) is 0 Å². The van der Waals surface area contributed by atoms with Gasteiger partial charge in [0.1, 0.15) is 0 Å². The van der Waals surface area contributed by atoms with E-state index in [0.717, 1.165) is 18.7 Å². The second-order valence-corrected chi connectivity index (χ2v) is 5.97. The Hall–Kier alpha value is -1.72. The highest BCUT2D eigenvalue weighted by molar-refractivity contribution is 7.19. The summed E-state index contributed by atoms with van der Waals surface area (Å²) < 4.78 is 3.17. The highest BCUT2D eigenvalue weighted by Crippen LogP contribution is 2.32. The van der Waals surface area contributed by atoms with Crippen LogP contribution in [0.5, 0.6) is 0 Å². The van der Waals surface area contributed by atoms with Gasteiger partial charge in [-0.25, -0.2) is 0 Å². The van der Waals surface area contributed by atoms with Crippen LogP contribution in [0.4, 0.5) is 0 Å². The van der Waals surface area contributed by atoms with Gasteiger partial charge in [0, 0.05) is 16.6 Å². The van der Waals surface area contributed by atoms with Gasteiger partial charge in [-0.3, -0.25) is 4.68 Å². The summed E-state index contributed by atoms with van der Waals surface area (Å²) in [6.45, 7) is 3.15. The molecule has 2 aromatic heterocycles. The van der Waals surface area contributed by atoms with Crippen LogP contribution in [-0.2, 0) is 7.05 Å². The lowest BCUT2D eigenvalue weighted by Crippen LogP contribution is -2.24. The maximum absolute atomic E-state index is 4.06. The molecular formula is C15H18N4S. The van der Waals surface area contributed by atoms with Crippen LogP contribution in [0.15, 0.2) is 36.5 Å². The van der Waals surface area contributed by atoms with Crippen LogP contribution < -0.4 is 5.32 Å². The number of fused-ring (bicyclic) bond motifs is 1. The van der Waals surface area contributed by atoms with Crippen LogP contribution in [0.3, 0.4) is 0 Å². The third kappa shape index (κ3) is 2.46. The number of thiophene rings is 1. The van der Waals surface area contributed by atoms with Crippen molar-refractivity contribution in [3.8, 4) is 0 Å². The number of hydrogen-bond acceptors (Lipinski definition) is 4. The number of nitrogens with one attached hydrogen (secondary N) is 1. The molecule has 0 radical (unpaired) electrons. The van der Waals surface area contributed by atoms with E-state index in [1.165, 1.54) is 15.0 Å². The quantitative estimate of drug-likeness (QED) is 0.783. The molecule has 0 aliphatic carbocycles. The predicted octanol–water partition coefficient (Wildman–Crippen LogP) is 3.12. The second-order valence-electron chi connectivity index (χ2n) is 4.86. The lowest BCUT2D eigenvalue weighted by molar-refractivity contribution is 0.556. The zero-order valence-corrected chi connectivity index (χ0v) is 12.5. The Bertz CT molecular complexity index is 668. The molecule has 0 aliphatic rings. The molecule has 4 nitrogen and oxygen atoms in total. The summed E-state index contributed by atoms with van der Waals surface area (Å²) in [4.78, 5) is 1.31. The Labute approximate surface area is 122 Å². The van der Waals surface area contributed by atoms with Crippen molar-refractivity contribution >= 4 is 21.4 Å². The molecule has 0 aliphatic heterocycles. The van der Waals surface area contributed by atoms with E-state index in [4.69, 9.17) is 0 Å². The molecule has 0 spiro atoms. The zero-order chi connectivity index (χ0) is 13.9. The van der Waals surface area contributed by atoms with Gasteiger partial charge in [-0.2, -0.15) is 0 Å². The molecule has 0 bridgehead atoms. The Morgan fingerprint density at radius 3 is 2.90 bits per heavy atom. The zero-order valence-electron chi connectivity index (χ0n) is 11.7. The third-order valence-electron chi connectivity index (χ3n) is 3.37. The van der Waals surface area contributed by atoms with Crippen LogP contribution in [0.25, 0.3) is 10.1 Å². The van der Waals surface area contributed by atoms with Crippen LogP contribution in [0.2, 0.25) is 0 Å². The van der Waals surface area contributed by atoms with Crippen molar-refractivity contribution in [3.05, 3.63) is 47.1 Å². The minimum absolute atomic E-state index is 0.160. The Morgan fingerprint density at radius 2 is 2.20 bits per heavy atom. The first-order chi connectivity index (χ1) is 9.79. The average Bonchev–Trinajstić information content (AvgIpc) is 3.06. The fourth-order valence-electron chi connectivity index (χ4n) is 2.34. The Morgan fingerprint density at radius 1 is 1.35 bits per heavy atom. The molecule has 5 heteroatoms.